The van der Waals surface area contributed by atoms with E-state index in [1.54, 1.807) is 0 Å². The standard InChI is InChI=1S/C15H24N2O/c1-11-7-12(2)9-13(8-11)15(16)4-6-17-5-3-14(18)10-17/h7-9,14-15,18H,3-6,10,16H2,1-2H3. The van der Waals surface area contributed by atoms with Crippen LogP contribution in [0.25, 0.3) is 0 Å². The molecular weight excluding hydrogens is 224 g/mol. The molecule has 2 rings (SSSR count). The van der Waals surface area contributed by atoms with E-state index in [1.165, 1.54) is 16.7 Å². The van der Waals surface area contributed by atoms with Gasteiger partial charge < -0.3 is 15.7 Å². The fourth-order valence-corrected chi connectivity index (χ4v) is 2.73. The van der Waals surface area contributed by atoms with Crippen LogP contribution in [0.5, 0.6) is 0 Å². The van der Waals surface area contributed by atoms with E-state index in [2.05, 4.69) is 36.9 Å². The molecule has 0 radical (unpaired) electrons. The topological polar surface area (TPSA) is 49.5 Å². The lowest BCUT2D eigenvalue weighted by Gasteiger charge is -2.19. The van der Waals surface area contributed by atoms with Gasteiger partial charge in [-0.2, -0.15) is 0 Å². The average Bonchev–Trinajstić information content (AvgIpc) is 2.70. The van der Waals surface area contributed by atoms with E-state index in [0.717, 1.165) is 32.5 Å². The Kier molecular flexibility index (Phi) is 4.38. The Morgan fingerprint density at radius 3 is 2.56 bits per heavy atom. The quantitative estimate of drug-likeness (QED) is 0.853. The van der Waals surface area contributed by atoms with Gasteiger partial charge in [-0.25, -0.2) is 0 Å². The second-order valence-corrected chi connectivity index (χ2v) is 5.56. The molecular formula is C15H24N2O. The van der Waals surface area contributed by atoms with Gasteiger partial charge in [-0.1, -0.05) is 29.3 Å². The number of likely N-dealkylation sites (tertiary alicyclic amines) is 1. The van der Waals surface area contributed by atoms with Crippen molar-refractivity contribution in [3.05, 3.63) is 34.9 Å². The predicted molar refractivity (Wildman–Crippen MR) is 74.5 cm³/mol. The third kappa shape index (κ3) is 3.55. The highest BCUT2D eigenvalue weighted by atomic mass is 16.3. The van der Waals surface area contributed by atoms with Gasteiger partial charge in [0.1, 0.15) is 0 Å². The number of nitrogens with two attached hydrogens (primary N) is 1. The van der Waals surface area contributed by atoms with Crippen molar-refractivity contribution in [3.63, 3.8) is 0 Å². The third-order valence-corrected chi connectivity index (χ3v) is 3.68. The van der Waals surface area contributed by atoms with Gasteiger partial charge in [-0.05, 0) is 32.3 Å². The number of β-amino-alcohol motifs (C(OH)–C–C–N with tert-alkyl or cyclic N) is 1. The lowest BCUT2D eigenvalue weighted by atomic mass is 10.00. The first-order chi connectivity index (χ1) is 8.54. The number of aliphatic hydroxyl groups is 1. The van der Waals surface area contributed by atoms with Gasteiger partial charge in [0.25, 0.3) is 0 Å². The molecule has 2 atom stereocenters. The van der Waals surface area contributed by atoms with Gasteiger partial charge in [0.05, 0.1) is 6.10 Å². The van der Waals surface area contributed by atoms with Crippen LogP contribution in [-0.4, -0.2) is 35.7 Å². The predicted octanol–water partition coefficient (Wildman–Crippen LogP) is 1.76. The van der Waals surface area contributed by atoms with Crippen molar-refractivity contribution in [2.75, 3.05) is 19.6 Å². The van der Waals surface area contributed by atoms with E-state index in [-0.39, 0.29) is 12.1 Å². The summed E-state index contributed by atoms with van der Waals surface area (Å²) in [5, 5.41) is 9.48. The number of aliphatic hydroxyl groups excluding tert-OH is 1. The Bertz CT molecular complexity index is 385. The van der Waals surface area contributed by atoms with Crippen LogP contribution in [0.1, 0.15) is 35.6 Å². The molecule has 0 aromatic heterocycles. The summed E-state index contributed by atoms with van der Waals surface area (Å²) in [6, 6.07) is 6.63. The first-order valence-electron chi connectivity index (χ1n) is 6.79. The zero-order valence-corrected chi connectivity index (χ0v) is 11.4. The summed E-state index contributed by atoms with van der Waals surface area (Å²) in [5.41, 5.74) is 10.0. The van der Waals surface area contributed by atoms with Crippen molar-refractivity contribution in [3.8, 4) is 0 Å². The molecule has 1 aromatic rings. The van der Waals surface area contributed by atoms with Gasteiger partial charge >= 0.3 is 0 Å². The van der Waals surface area contributed by atoms with E-state index in [0.29, 0.717) is 0 Å². The van der Waals surface area contributed by atoms with Crippen molar-refractivity contribution >= 4 is 0 Å². The highest BCUT2D eigenvalue weighted by Crippen LogP contribution is 2.19. The van der Waals surface area contributed by atoms with E-state index >= 15 is 0 Å². The first-order valence-corrected chi connectivity index (χ1v) is 6.79. The third-order valence-electron chi connectivity index (χ3n) is 3.68. The second kappa shape index (κ2) is 5.83. The summed E-state index contributed by atoms with van der Waals surface area (Å²) in [4.78, 5) is 2.30. The molecule has 1 fully saturated rings. The second-order valence-electron chi connectivity index (χ2n) is 5.56. The van der Waals surface area contributed by atoms with E-state index in [9.17, 15) is 5.11 Å². The minimum absolute atomic E-state index is 0.0985. The van der Waals surface area contributed by atoms with Gasteiger partial charge in [-0.15, -0.1) is 0 Å². The molecule has 0 aliphatic carbocycles. The van der Waals surface area contributed by atoms with Gasteiger partial charge in [0.2, 0.25) is 0 Å². The van der Waals surface area contributed by atoms with Crippen LogP contribution in [-0.2, 0) is 0 Å². The maximum absolute atomic E-state index is 9.48. The molecule has 1 aliphatic rings. The Hall–Kier alpha value is -0.900. The van der Waals surface area contributed by atoms with E-state index in [1.807, 2.05) is 0 Å². The van der Waals surface area contributed by atoms with Crippen LogP contribution in [0.4, 0.5) is 0 Å². The van der Waals surface area contributed by atoms with Crippen LogP contribution >= 0.6 is 0 Å². The summed E-state index contributed by atoms with van der Waals surface area (Å²) in [6.45, 7) is 7.01. The first kappa shape index (κ1) is 13.5. The maximum atomic E-state index is 9.48. The maximum Gasteiger partial charge on any atom is 0.0679 e. The zero-order chi connectivity index (χ0) is 13.1. The molecule has 18 heavy (non-hydrogen) atoms. The van der Waals surface area contributed by atoms with Crippen LogP contribution < -0.4 is 5.73 Å². The molecule has 3 heteroatoms. The molecule has 3 N–H and O–H groups in total. The van der Waals surface area contributed by atoms with Gasteiger partial charge in [-0.3, -0.25) is 0 Å². The lowest BCUT2D eigenvalue weighted by molar-refractivity contribution is 0.175. The minimum atomic E-state index is -0.137. The summed E-state index contributed by atoms with van der Waals surface area (Å²) < 4.78 is 0. The molecule has 1 aliphatic heterocycles. The number of hydrogen-bond acceptors (Lipinski definition) is 3. The Labute approximate surface area is 110 Å². The highest BCUT2D eigenvalue weighted by Gasteiger charge is 2.20. The summed E-state index contributed by atoms with van der Waals surface area (Å²) >= 11 is 0. The van der Waals surface area contributed by atoms with Crippen molar-refractivity contribution in [2.24, 2.45) is 5.73 Å². The van der Waals surface area contributed by atoms with Crippen LogP contribution in [0.2, 0.25) is 0 Å². The molecule has 1 heterocycles. The number of benzene rings is 1. The number of aryl methyl sites for hydroxylation is 2. The van der Waals surface area contributed by atoms with Crippen LogP contribution in [0, 0.1) is 13.8 Å². The van der Waals surface area contributed by atoms with Crippen LogP contribution in [0.3, 0.4) is 0 Å². The Morgan fingerprint density at radius 2 is 2.00 bits per heavy atom. The molecule has 0 bridgehead atoms. The normalized spacial score (nSPS) is 22.3. The molecule has 0 spiro atoms. The fourth-order valence-electron chi connectivity index (χ4n) is 2.73. The Morgan fingerprint density at radius 1 is 1.33 bits per heavy atom. The van der Waals surface area contributed by atoms with Crippen molar-refractivity contribution in [1.29, 1.82) is 0 Å². The molecule has 0 amide bonds. The fraction of sp³-hybridized carbons (Fsp3) is 0.600. The molecule has 3 nitrogen and oxygen atoms in total. The Balaban J connectivity index is 1.89. The van der Waals surface area contributed by atoms with E-state index < -0.39 is 0 Å². The lowest BCUT2D eigenvalue weighted by Crippen LogP contribution is -2.26. The van der Waals surface area contributed by atoms with Gasteiger partial charge in [0, 0.05) is 25.7 Å². The monoisotopic (exact) mass is 248 g/mol. The van der Waals surface area contributed by atoms with Crippen LogP contribution in [0.15, 0.2) is 18.2 Å². The zero-order valence-electron chi connectivity index (χ0n) is 11.4. The number of hydrogen-bond donors (Lipinski definition) is 2. The molecule has 0 saturated carbocycles. The number of rotatable bonds is 4. The molecule has 2 unspecified atom stereocenters. The van der Waals surface area contributed by atoms with Crippen molar-refractivity contribution in [1.82, 2.24) is 4.90 Å². The molecule has 1 aromatic carbocycles. The summed E-state index contributed by atoms with van der Waals surface area (Å²) in [7, 11) is 0. The molecule has 100 valence electrons. The van der Waals surface area contributed by atoms with Gasteiger partial charge in [0.15, 0.2) is 0 Å². The summed E-state index contributed by atoms with van der Waals surface area (Å²) in [5.74, 6) is 0. The average molecular weight is 248 g/mol. The van der Waals surface area contributed by atoms with Crippen molar-refractivity contribution in [2.45, 2.75) is 38.8 Å². The number of nitrogens with zero attached hydrogens (tertiary/aromatic N) is 1. The smallest absolute Gasteiger partial charge is 0.0679 e. The molecule has 1 saturated heterocycles. The summed E-state index contributed by atoms with van der Waals surface area (Å²) in [6.07, 6.45) is 1.72. The van der Waals surface area contributed by atoms with Crippen molar-refractivity contribution < 1.29 is 5.11 Å². The minimum Gasteiger partial charge on any atom is -0.392 e. The largest absolute Gasteiger partial charge is 0.392 e. The van der Waals surface area contributed by atoms with E-state index in [4.69, 9.17) is 5.73 Å². The SMILES string of the molecule is Cc1cc(C)cc(C(N)CCN2CCC(O)C2)c1. The highest BCUT2D eigenvalue weighted by molar-refractivity contribution is 5.30.